The second kappa shape index (κ2) is 13.2. The van der Waals surface area contributed by atoms with Crippen molar-refractivity contribution in [3.8, 4) is 17.2 Å². The summed E-state index contributed by atoms with van der Waals surface area (Å²) in [4.78, 5) is 2.22. The van der Waals surface area contributed by atoms with Gasteiger partial charge in [0.15, 0.2) is 0 Å². The number of halogens is 2. The first-order valence-electron chi connectivity index (χ1n) is 11.1. The van der Waals surface area contributed by atoms with Crippen LogP contribution >= 0.6 is 23.2 Å². The van der Waals surface area contributed by atoms with Crippen molar-refractivity contribution in [2.75, 3.05) is 46.5 Å². The Morgan fingerprint density at radius 2 is 1.64 bits per heavy atom. The van der Waals surface area contributed by atoms with E-state index in [1.165, 1.54) is 0 Å². The Kier molecular flexibility index (Phi) is 10.4. The summed E-state index contributed by atoms with van der Waals surface area (Å²) in [5.74, 6) is 1.94. The lowest BCUT2D eigenvalue weighted by Crippen LogP contribution is -2.47. The van der Waals surface area contributed by atoms with Crippen LogP contribution in [0.25, 0.3) is 0 Å². The number of rotatable bonds is 12. The van der Waals surface area contributed by atoms with Crippen LogP contribution in [0.4, 0.5) is 0 Å². The van der Waals surface area contributed by atoms with Crippen LogP contribution in [0.2, 0.25) is 10.0 Å². The highest BCUT2D eigenvalue weighted by Crippen LogP contribution is 2.27. The lowest BCUT2D eigenvalue weighted by atomic mass is 10.0. The first kappa shape index (κ1) is 25.9. The van der Waals surface area contributed by atoms with Crippen LogP contribution in [-0.2, 0) is 0 Å². The summed E-state index contributed by atoms with van der Waals surface area (Å²) < 4.78 is 16.4. The van der Waals surface area contributed by atoms with Gasteiger partial charge in [0.05, 0.1) is 12.1 Å². The topological polar surface area (TPSA) is 83.4 Å². The van der Waals surface area contributed by atoms with E-state index >= 15 is 0 Å². The van der Waals surface area contributed by atoms with E-state index in [-0.39, 0.29) is 13.2 Å². The summed E-state index contributed by atoms with van der Waals surface area (Å²) in [6.45, 7) is 3.11. The molecule has 0 aliphatic carbocycles. The number of likely N-dealkylation sites (tertiary alicyclic amines) is 1. The Bertz CT molecular complexity index is 847. The smallest absolute Gasteiger partial charge is 0.139 e. The minimum atomic E-state index is -0.624. The number of nitrogens with zero attached hydrogens (tertiary/aromatic N) is 1. The van der Waals surface area contributed by atoms with Crippen LogP contribution in [0.3, 0.4) is 0 Å². The van der Waals surface area contributed by atoms with E-state index in [1.807, 2.05) is 24.3 Å². The van der Waals surface area contributed by atoms with Crippen molar-refractivity contribution in [1.82, 2.24) is 10.2 Å². The molecule has 2 aromatic rings. The van der Waals surface area contributed by atoms with Gasteiger partial charge in [-0.1, -0.05) is 23.2 Å². The van der Waals surface area contributed by atoms with E-state index in [1.54, 1.807) is 25.3 Å². The van der Waals surface area contributed by atoms with E-state index in [0.29, 0.717) is 40.7 Å². The van der Waals surface area contributed by atoms with Crippen molar-refractivity contribution in [3.05, 3.63) is 52.5 Å². The van der Waals surface area contributed by atoms with Crippen molar-refractivity contribution in [3.63, 3.8) is 0 Å². The molecule has 1 aliphatic rings. The second-order valence-electron chi connectivity index (χ2n) is 8.16. The number of hydrogen-bond acceptors (Lipinski definition) is 7. The molecule has 1 saturated heterocycles. The molecule has 0 amide bonds. The van der Waals surface area contributed by atoms with Crippen LogP contribution in [0.15, 0.2) is 42.5 Å². The third-order valence-corrected chi connectivity index (χ3v) is 6.07. The van der Waals surface area contributed by atoms with Gasteiger partial charge in [0.25, 0.3) is 0 Å². The van der Waals surface area contributed by atoms with Crippen LogP contribution in [0, 0.1) is 0 Å². The van der Waals surface area contributed by atoms with Crippen molar-refractivity contribution in [2.45, 2.75) is 31.1 Å². The molecular weight excluding hydrogens is 467 g/mol. The van der Waals surface area contributed by atoms with Gasteiger partial charge in [-0.3, -0.25) is 0 Å². The molecule has 0 unspecified atom stereocenters. The number of hydrogen-bond donors (Lipinski definition) is 3. The minimum Gasteiger partial charge on any atom is -0.497 e. The first-order valence-corrected chi connectivity index (χ1v) is 11.8. The van der Waals surface area contributed by atoms with Crippen LogP contribution < -0.4 is 19.5 Å². The number of nitrogens with one attached hydrogen (secondary N) is 1. The standard InChI is InChI=1S/C24H32Cl2N2O5/c1-31-21-3-5-22(6-4-21)32-15-19(29)13-27-18-8-10-28(11-9-18)14-20(30)16-33-24-12-17(25)2-7-23(24)26/h2-7,12,18-20,27,29-30H,8-11,13-16H2,1H3/t19-,20-/m1/s1. The summed E-state index contributed by atoms with van der Waals surface area (Å²) >= 11 is 12.0. The molecule has 0 aromatic heterocycles. The predicted octanol–water partition coefficient (Wildman–Crippen LogP) is 3.24. The Labute approximate surface area is 205 Å². The molecule has 0 bridgehead atoms. The lowest BCUT2D eigenvalue weighted by molar-refractivity contribution is 0.0556. The zero-order valence-corrected chi connectivity index (χ0v) is 20.3. The molecule has 7 nitrogen and oxygen atoms in total. The van der Waals surface area contributed by atoms with Gasteiger partial charge in [-0.15, -0.1) is 0 Å². The number of methoxy groups -OCH3 is 1. The van der Waals surface area contributed by atoms with Gasteiger partial charge in [0.2, 0.25) is 0 Å². The van der Waals surface area contributed by atoms with Gasteiger partial charge in [-0.05, 0) is 62.3 Å². The van der Waals surface area contributed by atoms with Gasteiger partial charge in [0, 0.05) is 30.2 Å². The monoisotopic (exact) mass is 498 g/mol. The largest absolute Gasteiger partial charge is 0.497 e. The summed E-state index contributed by atoms with van der Waals surface area (Å²) in [7, 11) is 1.62. The van der Waals surface area contributed by atoms with Crippen molar-refractivity contribution in [1.29, 1.82) is 0 Å². The van der Waals surface area contributed by atoms with Gasteiger partial charge >= 0.3 is 0 Å². The number of benzene rings is 2. The average Bonchev–Trinajstić information content (AvgIpc) is 2.83. The number of piperidine rings is 1. The minimum absolute atomic E-state index is 0.151. The van der Waals surface area contributed by atoms with E-state index in [4.69, 9.17) is 37.4 Å². The maximum atomic E-state index is 10.3. The third-order valence-electron chi connectivity index (χ3n) is 5.52. The zero-order valence-electron chi connectivity index (χ0n) is 18.8. The van der Waals surface area contributed by atoms with E-state index in [0.717, 1.165) is 31.7 Å². The molecular formula is C24H32Cl2N2O5. The van der Waals surface area contributed by atoms with E-state index < -0.39 is 12.2 Å². The number of aliphatic hydroxyl groups is 2. The predicted molar refractivity (Wildman–Crippen MR) is 130 cm³/mol. The lowest BCUT2D eigenvalue weighted by Gasteiger charge is -2.33. The fraction of sp³-hybridized carbons (Fsp3) is 0.500. The van der Waals surface area contributed by atoms with E-state index in [9.17, 15) is 10.2 Å². The van der Waals surface area contributed by atoms with Crippen LogP contribution in [0.5, 0.6) is 17.2 Å². The van der Waals surface area contributed by atoms with E-state index in [2.05, 4.69) is 10.2 Å². The Morgan fingerprint density at radius 1 is 0.970 bits per heavy atom. The summed E-state index contributed by atoms with van der Waals surface area (Å²) in [6.07, 6.45) is 0.670. The summed E-state index contributed by atoms with van der Waals surface area (Å²) in [5, 5.41) is 25.0. The van der Waals surface area contributed by atoms with Gasteiger partial charge in [-0.2, -0.15) is 0 Å². The molecule has 2 aromatic carbocycles. The molecule has 9 heteroatoms. The molecule has 2 atom stereocenters. The van der Waals surface area contributed by atoms with Gasteiger partial charge in [-0.25, -0.2) is 0 Å². The molecule has 0 spiro atoms. The number of β-amino-alcohol motifs (C(OH)–C–C–N with tert-alkyl or cyclic N) is 1. The second-order valence-corrected chi connectivity index (χ2v) is 9.01. The van der Waals surface area contributed by atoms with Gasteiger partial charge in [0.1, 0.15) is 42.7 Å². The number of ether oxygens (including phenoxy) is 3. The maximum absolute atomic E-state index is 10.3. The summed E-state index contributed by atoms with van der Waals surface area (Å²) in [5.41, 5.74) is 0. The molecule has 3 rings (SSSR count). The maximum Gasteiger partial charge on any atom is 0.139 e. The quantitative estimate of drug-likeness (QED) is 0.414. The molecule has 182 valence electrons. The van der Waals surface area contributed by atoms with Crippen LogP contribution in [-0.4, -0.2) is 79.9 Å². The van der Waals surface area contributed by atoms with Gasteiger partial charge < -0.3 is 34.6 Å². The Balaban J connectivity index is 1.28. The zero-order chi connectivity index (χ0) is 23.6. The highest BCUT2D eigenvalue weighted by molar-refractivity contribution is 6.34. The van der Waals surface area contributed by atoms with Crippen molar-refractivity contribution < 1.29 is 24.4 Å². The molecule has 33 heavy (non-hydrogen) atoms. The fourth-order valence-corrected chi connectivity index (χ4v) is 4.00. The van der Waals surface area contributed by atoms with Crippen molar-refractivity contribution >= 4 is 23.2 Å². The average molecular weight is 499 g/mol. The summed E-state index contributed by atoms with van der Waals surface area (Å²) in [6, 6.07) is 12.6. The van der Waals surface area contributed by atoms with Crippen LogP contribution in [0.1, 0.15) is 12.8 Å². The third kappa shape index (κ3) is 8.85. The molecule has 3 N–H and O–H groups in total. The Hall–Kier alpha value is -1.74. The first-order chi connectivity index (χ1) is 15.9. The molecule has 0 radical (unpaired) electrons. The molecule has 1 heterocycles. The molecule has 1 fully saturated rings. The Morgan fingerprint density at radius 3 is 2.33 bits per heavy atom. The van der Waals surface area contributed by atoms with Crippen molar-refractivity contribution in [2.24, 2.45) is 0 Å². The number of aliphatic hydroxyl groups excluding tert-OH is 2. The highest BCUT2D eigenvalue weighted by Gasteiger charge is 2.22. The molecule has 1 aliphatic heterocycles. The fourth-order valence-electron chi connectivity index (χ4n) is 3.67. The normalized spacial score (nSPS) is 16.9. The highest BCUT2D eigenvalue weighted by atomic mass is 35.5. The molecule has 0 saturated carbocycles. The SMILES string of the molecule is COc1ccc(OC[C@H](O)CNC2CCN(C[C@@H](O)COc3cc(Cl)ccc3Cl)CC2)cc1.